The van der Waals surface area contributed by atoms with Gasteiger partial charge in [-0.1, -0.05) is 6.07 Å². The van der Waals surface area contributed by atoms with Gasteiger partial charge in [-0.05, 0) is 49.7 Å². The number of carbonyl (C=O) groups is 1. The van der Waals surface area contributed by atoms with Crippen LogP contribution in [-0.2, 0) is 20.3 Å². The van der Waals surface area contributed by atoms with Crippen LogP contribution in [0.5, 0.6) is 0 Å². The molecule has 0 amide bonds. The Balaban J connectivity index is 2.23. The number of halogens is 3. The second-order valence-electron chi connectivity index (χ2n) is 6.37. The molecule has 0 bridgehead atoms. The average Bonchev–Trinajstić information content (AvgIpc) is 2.80. The van der Waals surface area contributed by atoms with E-state index in [2.05, 4.69) is 0 Å². The van der Waals surface area contributed by atoms with E-state index in [4.69, 9.17) is 4.74 Å². The summed E-state index contributed by atoms with van der Waals surface area (Å²) < 4.78 is 58.6. The molecule has 0 radical (unpaired) electrons. The highest BCUT2D eigenvalue weighted by Gasteiger charge is 2.43. The first kappa shape index (κ1) is 18.4. The summed E-state index contributed by atoms with van der Waals surface area (Å²) in [6.45, 7) is 3.02. The van der Waals surface area contributed by atoms with Crippen molar-refractivity contribution in [2.24, 2.45) is 0 Å². The Morgan fingerprint density at radius 1 is 0.962 bits per heavy atom. The Hall–Kier alpha value is -2.41. The van der Waals surface area contributed by atoms with Crippen molar-refractivity contribution in [3.8, 4) is 0 Å². The van der Waals surface area contributed by atoms with Crippen LogP contribution in [0.15, 0.2) is 41.3 Å². The lowest BCUT2D eigenvalue weighted by atomic mass is 9.92. The molecule has 0 fully saturated rings. The van der Waals surface area contributed by atoms with Crippen LogP contribution >= 0.6 is 0 Å². The number of hydrogen-bond acceptors (Lipinski definition) is 3. The van der Waals surface area contributed by atoms with Crippen molar-refractivity contribution < 1.29 is 26.9 Å². The lowest BCUT2D eigenvalue weighted by molar-refractivity contribution is -0.125. The molecule has 2 aromatic rings. The first-order valence-corrected chi connectivity index (χ1v) is 9.24. The molecule has 3 nitrogen and oxygen atoms in total. The minimum Gasteiger partial charge on any atom is -0.478 e. The van der Waals surface area contributed by atoms with E-state index < -0.39 is 39.6 Å². The zero-order valence-electron chi connectivity index (χ0n) is 14.2. The van der Waals surface area contributed by atoms with Crippen molar-refractivity contribution in [2.45, 2.75) is 24.3 Å². The van der Waals surface area contributed by atoms with Crippen LogP contribution in [0.1, 0.15) is 25.0 Å². The van der Waals surface area contributed by atoms with E-state index in [0.717, 1.165) is 18.2 Å². The van der Waals surface area contributed by atoms with Gasteiger partial charge in [-0.2, -0.15) is 0 Å². The Labute approximate surface area is 150 Å². The van der Waals surface area contributed by atoms with Gasteiger partial charge < -0.3 is 4.74 Å². The summed E-state index contributed by atoms with van der Waals surface area (Å²) >= 11 is 0. The molecule has 0 saturated heterocycles. The van der Waals surface area contributed by atoms with E-state index in [1.807, 2.05) is 0 Å². The molecule has 1 aliphatic rings. The Bertz CT molecular complexity index is 980. The molecular formula is C19H15F3O3S. The van der Waals surface area contributed by atoms with Gasteiger partial charge in [0, 0.05) is 22.0 Å². The molecule has 1 unspecified atom stereocenters. The zero-order valence-corrected chi connectivity index (χ0v) is 15.0. The molecule has 0 aliphatic carbocycles. The van der Waals surface area contributed by atoms with Gasteiger partial charge in [0.25, 0.3) is 0 Å². The maximum Gasteiger partial charge on any atom is 0.210 e. The third-order valence-electron chi connectivity index (χ3n) is 4.08. The first-order chi connectivity index (χ1) is 12.1. The van der Waals surface area contributed by atoms with Crippen LogP contribution in [-0.4, -0.2) is 21.8 Å². The van der Waals surface area contributed by atoms with Crippen LogP contribution in [0.3, 0.4) is 0 Å². The van der Waals surface area contributed by atoms with E-state index in [1.54, 1.807) is 0 Å². The summed E-state index contributed by atoms with van der Waals surface area (Å²) in [6, 6.07) is 6.93. The van der Waals surface area contributed by atoms with Gasteiger partial charge in [0.05, 0.1) is 11.1 Å². The molecular weight excluding hydrogens is 365 g/mol. The lowest BCUT2D eigenvalue weighted by Crippen LogP contribution is -2.29. The summed E-state index contributed by atoms with van der Waals surface area (Å²) in [5.41, 5.74) is -1.23. The van der Waals surface area contributed by atoms with Gasteiger partial charge >= 0.3 is 0 Å². The molecule has 3 rings (SSSR count). The average molecular weight is 380 g/mol. The number of rotatable bonds is 3. The maximum atomic E-state index is 14.6. The normalized spacial score (nSPS) is 17.4. The minimum atomic E-state index is -1.38. The molecule has 1 heterocycles. The van der Waals surface area contributed by atoms with Gasteiger partial charge in [0.1, 0.15) is 11.6 Å². The highest BCUT2D eigenvalue weighted by atomic mass is 32.2. The molecule has 2 aromatic carbocycles. The van der Waals surface area contributed by atoms with Crippen LogP contribution in [0, 0.1) is 17.5 Å². The van der Waals surface area contributed by atoms with Crippen molar-refractivity contribution in [1.82, 2.24) is 0 Å². The summed E-state index contributed by atoms with van der Waals surface area (Å²) in [4.78, 5) is 13.0. The highest BCUT2D eigenvalue weighted by Crippen LogP contribution is 2.42. The van der Waals surface area contributed by atoms with E-state index in [0.29, 0.717) is 0 Å². The largest absolute Gasteiger partial charge is 0.478 e. The third-order valence-corrected chi connectivity index (χ3v) is 5.00. The molecule has 0 aromatic heterocycles. The standard InChI is InChI=1S/C19H15F3O3S/c1-19(2)18(23)16(10-4-7-13(20)15(22)8-10)17(25-19)12-6-5-11(26(3)24)9-14(12)21/h4-9H,1-3H3. The Morgan fingerprint density at radius 3 is 2.23 bits per heavy atom. The SMILES string of the molecule is CS(=O)c1ccc(C2=C(c3ccc(F)c(F)c3)C(=O)C(C)(C)O2)c(F)c1. The van der Waals surface area contributed by atoms with Crippen LogP contribution in [0.4, 0.5) is 13.2 Å². The molecule has 26 heavy (non-hydrogen) atoms. The van der Waals surface area contributed by atoms with Crippen molar-refractivity contribution >= 4 is 27.9 Å². The molecule has 1 atom stereocenters. The Morgan fingerprint density at radius 2 is 1.65 bits per heavy atom. The molecule has 136 valence electrons. The Kier molecular flexibility index (Phi) is 4.52. The zero-order chi connectivity index (χ0) is 19.2. The monoisotopic (exact) mass is 380 g/mol. The molecule has 0 saturated carbocycles. The molecule has 1 aliphatic heterocycles. The topological polar surface area (TPSA) is 43.4 Å². The number of Topliss-reactive ketones (excluding diaryl/α,β-unsaturated/α-hetero) is 1. The summed E-state index contributed by atoms with van der Waals surface area (Å²) in [6.07, 6.45) is 1.42. The van der Waals surface area contributed by atoms with E-state index >= 15 is 0 Å². The number of ether oxygens (including phenoxy) is 1. The van der Waals surface area contributed by atoms with E-state index in [-0.39, 0.29) is 27.4 Å². The lowest BCUT2D eigenvalue weighted by Gasteiger charge is -2.18. The minimum absolute atomic E-state index is 0.0159. The smallest absolute Gasteiger partial charge is 0.210 e. The third kappa shape index (κ3) is 3.07. The van der Waals surface area contributed by atoms with Crippen molar-refractivity contribution in [2.75, 3.05) is 6.26 Å². The summed E-state index contributed by atoms with van der Waals surface area (Å²) in [7, 11) is -1.38. The fourth-order valence-corrected chi connectivity index (χ4v) is 3.25. The molecule has 7 heteroatoms. The van der Waals surface area contributed by atoms with Crippen molar-refractivity contribution in [3.63, 3.8) is 0 Å². The van der Waals surface area contributed by atoms with Crippen LogP contribution in [0.2, 0.25) is 0 Å². The predicted octanol–water partition coefficient (Wildman–Crippen LogP) is 4.09. The number of ketones is 1. The summed E-state index contributed by atoms with van der Waals surface area (Å²) in [5, 5.41) is 0. The van der Waals surface area contributed by atoms with Gasteiger partial charge in [0.15, 0.2) is 17.2 Å². The molecule has 0 spiro atoms. The fourth-order valence-electron chi connectivity index (χ4n) is 2.72. The number of carbonyl (C=O) groups excluding carboxylic acids is 1. The van der Waals surface area contributed by atoms with Gasteiger partial charge in [-0.25, -0.2) is 13.2 Å². The van der Waals surface area contributed by atoms with Crippen molar-refractivity contribution in [3.05, 3.63) is 65.0 Å². The van der Waals surface area contributed by atoms with Gasteiger partial charge in [0.2, 0.25) is 5.78 Å². The van der Waals surface area contributed by atoms with Crippen molar-refractivity contribution in [1.29, 1.82) is 0 Å². The maximum absolute atomic E-state index is 14.6. The van der Waals surface area contributed by atoms with Crippen LogP contribution < -0.4 is 0 Å². The quantitative estimate of drug-likeness (QED) is 0.806. The highest BCUT2D eigenvalue weighted by molar-refractivity contribution is 7.84. The van der Waals surface area contributed by atoms with Gasteiger partial charge in [-0.15, -0.1) is 0 Å². The second kappa shape index (κ2) is 6.39. The molecule has 0 N–H and O–H groups in total. The summed E-state index contributed by atoms with van der Waals surface area (Å²) in [5.74, 6) is -3.43. The fraction of sp³-hybridized carbons (Fsp3) is 0.211. The predicted molar refractivity (Wildman–Crippen MR) is 92.1 cm³/mol. The van der Waals surface area contributed by atoms with E-state index in [9.17, 15) is 22.2 Å². The number of hydrogen-bond donors (Lipinski definition) is 0. The first-order valence-electron chi connectivity index (χ1n) is 7.68. The second-order valence-corrected chi connectivity index (χ2v) is 7.75. The number of benzene rings is 2. The van der Waals surface area contributed by atoms with Gasteiger partial charge in [-0.3, -0.25) is 9.00 Å². The van der Waals surface area contributed by atoms with Crippen LogP contribution in [0.25, 0.3) is 11.3 Å². The van der Waals surface area contributed by atoms with E-state index in [1.165, 1.54) is 38.3 Å².